The minimum absolute atomic E-state index is 0.0183. The molecule has 0 spiro atoms. The number of amides is 1. The molecular weight excluding hydrogens is 311 g/mol. The summed E-state index contributed by atoms with van der Waals surface area (Å²) in [5.74, 6) is -0.328. The van der Waals surface area contributed by atoms with E-state index >= 15 is 0 Å². The largest absolute Gasteiger partial charge is 0.397 e. The van der Waals surface area contributed by atoms with Crippen molar-refractivity contribution in [3.63, 3.8) is 0 Å². The predicted octanol–water partition coefficient (Wildman–Crippen LogP) is 1.45. The number of carbonyl (C=O) groups is 1. The van der Waals surface area contributed by atoms with Crippen molar-refractivity contribution >= 4 is 44.6 Å². The van der Waals surface area contributed by atoms with Gasteiger partial charge in [0.25, 0.3) is 5.91 Å². The first-order valence-corrected chi connectivity index (χ1v) is 8.12. The van der Waals surface area contributed by atoms with E-state index in [0.717, 1.165) is 0 Å². The normalized spacial score (nSPS) is 18.3. The molecule has 1 aromatic rings. The molecule has 1 aliphatic heterocycles. The van der Waals surface area contributed by atoms with Crippen molar-refractivity contribution < 1.29 is 13.2 Å². The Labute approximate surface area is 121 Å². The van der Waals surface area contributed by atoms with Crippen molar-refractivity contribution in [1.29, 1.82) is 0 Å². The molecule has 0 aromatic heterocycles. The lowest BCUT2D eigenvalue weighted by atomic mass is 10.1. The van der Waals surface area contributed by atoms with Gasteiger partial charge in [0, 0.05) is 18.7 Å². The van der Waals surface area contributed by atoms with Crippen molar-refractivity contribution in [2.45, 2.75) is 0 Å². The van der Waals surface area contributed by atoms with Gasteiger partial charge in [0.2, 0.25) is 0 Å². The zero-order valence-corrected chi connectivity index (χ0v) is 12.2. The topological polar surface area (TPSA) is 80.5 Å². The number of hydrogen-bond donors (Lipinski definition) is 1. The van der Waals surface area contributed by atoms with Crippen LogP contribution in [0.15, 0.2) is 12.1 Å². The summed E-state index contributed by atoms with van der Waals surface area (Å²) in [4.78, 5) is 13.7. The average molecular weight is 323 g/mol. The monoisotopic (exact) mass is 322 g/mol. The number of nitrogens with two attached hydrogens (primary N) is 1. The molecule has 0 unspecified atom stereocenters. The van der Waals surface area contributed by atoms with Crippen LogP contribution in [-0.2, 0) is 9.84 Å². The molecule has 1 amide bonds. The second kappa shape index (κ2) is 5.19. The van der Waals surface area contributed by atoms with Crippen LogP contribution >= 0.6 is 23.2 Å². The first kappa shape index (κ1) is 14.4. The third-order valence-electron chi connectivity index (χ3n) is 2.93. The fraction of sp³-hybridized carbons (Fsp3) is 0.364. The molecule has 2 N–H and O–H groups in total. The number of benzene rings is 1. The lowest BCUT2D eigenvalue weighted by Gasteiger charge is -2.27. The molecule has 5 nitrogen and oxygen atoms in total. The van der Waals surface area contributed by atoms with Gasteiger partial charge in [-0.15, -0.1) is 0 Å². The van der Waals surface area contributed by atoms with Crippen LogP contribution in [-0.4, -0.2) is 43.8 Å². The van der Waals surface area contributed by atoms with Gasteiger partial charge in [0.1, 0.15) is 0 Å². The lowest BCUT2D eigenvalue weighted by molar-refractivity contribution is 0.0770. The second-order valence-electron chi connectivity index (χ2n) is 4.31. The van der Waals surface area contributed by atoms with Gasteiger partial charge in [0.05, 0.1) is 27.2 Å². The van der Waals surface area contributed by atoms with Gasteiger partial charge in [-0.05, 0) is 12.1 Å². The summed E-state index contributed by atoms with van der Waals surface area (Å²) in [7, 11) is -3.02. The summed E-state index contributed by atoms with van der Waals surface area (Å²) < 4.78 is 22.6. The van der Waals surface area contributed by atoms with Crippen LogP contribution in [0.1, 0.15) is 10.4 Å². The van der Waals surface area contributed by atoms with Crippen molar-refractivity contribution in [2.75, 3.05) is 30.3 Å². The summed E-state index contributed by atoms with van der Waals surface area (Å²) in [5, 5.41) is 0.411. The van der Waals surface area contributed by atoms with Gasteiger partial charge in [-0.25, -0.2) is 8.42 Å². The van der Waals surface area contributed by atoms with E-state index < -0.39 is 9.84 Å². The Morgan fingerprint density at radius 1 is 1.21 bits per heavy atom. The molecule has 0 aliphatic carbocycles. The summed E-state index contributed by atoms with van der Waals surface area (Å²) in [5.41, 5.74) is 6.18. The quantitative estimate of drug-likeness (QED) is 0.793. The van der Waals surface area contributed by atoms with Crippen molar-refractivity contribution in [3.05, 3.63) is 27.7 Å². The minimum atomic E-state index is -3.02. The van der Waals surface area contributed by atoms with E-state index in [0.29, 0.717) is 5.56 Å². The van der Waals surface area contributed by atoms with Crippen molar-refractivity contribution in [1.82, 2.24) is 4.90 Å². The molecule has 104 valence electrons. The van der Waals surface area contributed by atoms with Crippen LogP contribution in [0.5, 0.6) is 0 Å². The highest BCUT2D eigenvalue weighted by molar-refractivity contribution is 7.91. The van der Waals surface area contributed by atoms with Crippen LogP contribution < -0.4 is 5.73 Å². The summed E-state index contributed by atoms with van der Waals surface area (Å²) in [6.07, 6.45) is 0. The predicted molar refractivity (Wildman–Crippen MR) is 75.4 cm³/mol. The standard InChI is InChI=1S/C11H12Cl2N2O3S/c12-8-5-7(6-9(14)10(8)13)11(16)15-1-3-19(17,18)4-2-15/h5-6H,1-4,14H2. The third-order valence-corrected chi connectivity index (χ3v) is 5.36. The fourth-order valence-corrected chi connectivity index (χ4v) is 3.37. The minimum Gasteiger partial charge on any atom is -0.397 e. The lowest BCUT2D eigenvalue weighted by Crippen LogP contribution is -2.43. The van der Waals surface area contributed by atoms with Gasteiger partial charge < -0.3 is 10.6 Å². The molecule has 1 aliphatic rings. The molecule has 19 heavy (non-hydrogen) atoms. The number of hydrogen-bond acceptors (Lipinski definition) is 4. The van der Waals surface area contributed by atoms with Crippen LogP contribution in [0, 0.1) is 0 Å². The van der Waals surface area contributed by atoms with E-state index in [-0.39, 0.29) is 46.2 Å². The van der Waals surface area contributed by atoms with E-state index in [1.807, 2.05) is 0 Å². The van der Waals surface area contributed by atoms with Crippen molar-refractivity contribution in [3.8, 4) is 0 Å². The molecule has 0 saturated carbocycles. The number of sulfone groups is 1. The Hall–Kier alpha value is -0.980. The number of halogens is 2. The maximum atomic E-state index is 12.2. The number of carbonyl (C=O) groups excluding carboxylic acids is 1. The van der Waals surface area contributed by atoms with Crippen LogP contribution in [0.4, 0.5) is 5.69 Å². The molecular formula is C11H12Cl2N2O3S. The SMILES string of the molecule is Nc1cc(C(=O)N2CCS(=O)(=O)CC2)cc(Cl)c1Cl. The first-order valence-electron chi connectivity index (χ1n) is 5.54. The van der Waals surface area contributed by atoms with E-state index in [2.05, 4.69) is 0 Å². The number of nitrogen functional groups attached to an aromatic ring is 1. The van der Waals surface area contributed by atoms with Crippen molar-refractivity contribution in [2.24, 2.45) is 0 Å². The maximum absolute atomic E-state index is 12.2. The Bertz CT molecular complexity index is 594. The maximum Gasteiger partial charge on any atom is 0.254 e. The third kappa shape index (κ3) is 3.13. The second-order valence-corrected chi connectivity index (χ2v) is 7.39. The van der Waals surface area contributed by atoms with E-state index in [1.165, 1.54) is 17.0 Å². The van der Waals surface area contributed by atoms with Gasteiger partial charge in [-0.3, -0.25) is 4.79 Å². The Morgan fingerprint density at radius 3 is 2.32 bits per heavy atom. The molecule has 1 heterocycles. The smallest absolute Gasteiger partial charge is 0.254 e. The number of rotatable bonds is 1. The molecule has 2 rings (SSSR count). The average Bonchev–Trinajstić information content (AvgIpc) is 2.34. The Kier molecular flexibility index (Phi) is 3.94. The Balaban J connectivity index is 2.21. The highest BCUT2D eigenvalue weighted by Crippen LogP contribution is 2.30. The van der Waals surface area contributed by atoms with E-state index in [4.69, 9.17) is 28.9 Å². The van der Waals surface area contributed by atoms with Crippen LogP contribution in [0.25, 0.3) is 0 Å². The Morgan fingerprint density at radius 2 is 1.79 bits per heavy atom. The summed E-state index contributed by atoms with van der Waals surface area (Å²) >= 11 is 11.7. The van der Waals surface area contributed by atoms with E-state index in [9.17, 15) is 13.2 Å². The van der Waals surface area contributed by atoms with Crippen LogP contribution in [0.2, 0.25) is 10.0 Å². The highest BCUT2D eigenvalue weighted by atomic mass is 35.5. The van der Waals surface area contributed by atoms with Gasteiger partial charge in [0.15, 0.2) is 9.84 Å². The number of nitrogens with zero attached hydrogens (tertiary/aromatic N) is 1. The molecule has 1 aromatic carbocycles. The molecule has 0 atom stereocenters. The number of anilines is 1. The van der Waals surface area contributed by atoms with Gasteiger partial charge >= 0.3 is 0 Å². The first-order chi connectivity index (χ1) is 8.80. The van der Waals surface area contributed by atoms with Gasteiger partial charge in [-0.1, -0.05) is 23.2 Å². The molecule has 0 radical (unpaired) electrons. The molecule has 0 bridgehead atoms. The van der Waals surface area contributed by atoms with Crippen LogP contribution in [0.3, 0.4) is 0 Å². The summed E-state index contributed by atoms with van der Waals surface area (Å²) in [6.45, 7) is 0.364. The zero-order valence-electron chi connectivity index (χ0n) is 9.90. The molecule has 1 saturated heterocycles. The van der Waals surface area contributed by atoms with Gasteiger partial charge in [-0.2, -0.15) is 0 Å². The molecule has 1 fully saturated rings. The highest BCUT2D eigenvalue weighted by Gasteiger charge is 2.26. The van der Waals surface area contributed by atoms with E-state index in [1.54, 1.807) is 0 Å². The fourth-order valence-electron chi connectivity index (χ4n) is 1.83. The summed E-state index contributed by atoms with van der Waals surface area (Å²) in [6, 6.07) is 2.88. The zero-order chi connectivity index (χ0) is 14.2. The molecule has 8 heteroatoms.